The smallest absolute Gasteiger partial charge is 0.293 e. The third kappa shape index (κ3) is 2.16. The zero-order valence-electron chi connectivity index (χ0n) is 10.1. The van der Waals surface area contributed by atoms with Crippen LogP contribution in [0.15, 0.2) is 33.4 Å². The molecule has 0 unspecified atom stereocenters. The Morgan fingerprint density at radius 3 is 2.94 bits per heavy atom. The lowest BCUT2D eigenvalue weighted by Crippen LogP contribution is -2.32. The van der Waals surface area contributed by atoms with Gasteiger partial charge in [0, 0.05) is 12.1 Å². The molecule has 3 rings (SSSR count). The quantitative estimate of drug-likeness (QED) is 0.831. The van der Waals surface area contributed by atoms with E-state index in [2.05, 4.69) is 5.16 Å². The fraction of sp³-hybridized carbons (Fsp3) is 0.385. The first-order chi connectivity index (χ1) is 8.74. The first kappa shape index (κ1) is 11.1. The van der Waals surface area contributed by atoms with Crippen molar-refractivity contribution >= 4 is 5.91 Å². The minimum absolute atomic E-state index is 0.116. The Hall–Kier alpha value is -2.04. The third-order valence-corrected chi connectivity index (χ3v) is 2.99. The van der Waals surface area contributed by atoms with Crippen molar-refractivity contribution < 1.29 is 13.7 Å². The molecule has 1 amide bonds. The van der Waals surface area contributed by atoms with Gasteiger partial charge in [-0.05, 0) is 31.9 Å². The molecule has 5 nitrogen and oxygen atoms in total. The fourth-order valence-corrected chi connectivity index (χ4v) is 1.93. The molecular formula is C13H14N2O3. The Balaban J connectivity index is 1.79. The predicted molar refractivity (Wildman–Crippen MR) is 62.8 cm³/mol. The van der Waals surface area contributed by atoms with Gasteiger partial charge in [0.25, 0.3) is 5.91 Å². The summed E-state index contributed by atoms with van der Waals surface area (Å²) in [5.74, 6) is 0.965. The minimum atomic E-state index is -0.116. The molecule has 0 radical (unpaired) electrons. The van der Waals surface area contributed by atoms with E-state index >= 15 is 0 Å². The van der Waals surface area contributed by atoms with Crippen molar-refractivity contribution in [3.8, 4) is 0 Å². The lowest BCUT2D eigenvalue weighted by atomic mass is 10.3. The Morgan fingerprint density at radius 2 is 2.39 bits per heavy atom. The average molecular weight is 246 g/mol. The van der Waals surface area contributed by atoms with E-state index in [0.29, 0.717) is 24.0 Å². The van der Waals surface area contributed by atoms with Crippen LogP contribution in [0.1, 0.15) is 34.9 Å². The van der Waals surface area contributed by atoms with Gasteiger partial charge in [-0.25, -0.2) is 0 Å². The molecule has 2 aromatic heterocycles. The van der Waals surface area contributed by atoms with E-state index in [1.165, 1.54) is 0 Å². The van der Waals surface area contributed by atoms with Crippen LogP contribution in [-0.4, -0.2) is 22.0 Å². The van der Waals surface area contributed by atoms with Gasteiger partial charge in [-0.15, -0.1) is 0 Å². The number of hydrogen-bond donors (Lipinski definition) is 0. The van der Waals surface area contributed by atoms with Gasteiger partial charge < -0.3 is 13.8 Å². The van der Waals surface area contributed by atoms with Crippen molar-refractivity contribution in [2.24, 2.45) is 0 Å². The van der Waals surface area contributed by atoms with Crippen LogP contribution in [-0.2, 0) is 6.54 Å². The lowest BCUT2D eigenvalue weighted by molar-refractivity contribution is 0.0675. The van der Waals surface area contributed by atoms with Crippen molar-refractivity contribution in [2.75, 3.05) is 0 Å². The maximum Gasteiger partial charge on any atom is 0.293 e. The summed E-state index contributed by atoms with van der Waals surface area (Å²) in [5.41, 5.74) is 0.715. The molecule has 94 valence electrons. The lowest BCUT2D eigenvalue weighted by Gasteiger charge is -2.19. The van der Waals surface area contributed by atoms with Crippen molar-refractivity contribution in [3.63, 3.8) is 0 Å². The molecule has 0 aromatic carbocycles. The maximum atomic E-state index is 12.3. The monoisotopic (exact) mass is 246 g/mol. The molecule has 0 N–H and O–H groups in total. The second-order valence-corrected chi connectivity index (χ2v) is 4.58. The van der Waals surface area contributed by atoms with E-state index in [-0.39, 0.29) is 5.91 Å². The highest BCUT2D eigenvalue weighted by atomic mass is 16.5. The molecule has 5 heteroatoms. The van der Waals surface area contributed by atoms with E-state index < -0.39 is 0 Å². The van der Waals surface area contributed by atoms with E-state index in [1.807, 2.05) is 12.1 Å². The average Bonchev–Trinajstić information content (AvgIpc) is 2.88. The molecule has 0 atom stereocenters. The molecule has 1 aliphatic rings. The zero-order chi connectivity index (χ0) is 12.5. The van der Waals surface area contributed by atoms with Gasteiger partial charge in [0.05, 0.1) is 18.5 Å². The Kier molecular flexibility index (Phi) is 2.66. The molecular weight excluding hydrogens is 232 g/mol. The molecule has 0 bridgehead atoms. The number of furan rings is 1. The van der Waals surface area contributed by atoms with Gasteiger partial charge >= 0.3 is 0 Å². The van der Waals surface area contributed by atoms with Crippen LogP contribution < -0.4 is 0 Å². The van der Waals surface area contributed by atoms with Gasteiger partial charge in [-0.2, -0.15) is 0 Å². The molecule has 1 fully saturated rings. The maximum absolute atomic E-state index is 12.3. The summed E-state index contributed by atoms with van der Waals surface area (Å²) in [5, 5.41) is 3.75. The molecule has 0 aliphatic heterocycles. The molecule has 1 saturated carbocycles. The summed E-state index contributed by atoms with van der Waals surface area (Å²) < 4.78 is 10.3. The van der Waals surface area contributed by atoms with Crippen molar-refractivity contribution in [1.29, 1.82) is 0 Å². The first-order valence-corrected chi connectivity index (χ1v) is 6.01. The highest BCUT2D eigenvalue weighted by Crippen LogP contribution is 2.30. The first-order valence-electron chi connectivity index (χ1n) is 6.01. The summed E-state index contributed by atoms with van der Waals surface area (Å²) in [6, 6.07) is 5.66. The highest BCUT2D eigenvalue weighted by Gasteiger charge is 2.35. The zero-order valence-corrected chi connectivity index (χ0v) is 10.1. The van der Waals surface area contributed by atoms with E-state index in [1.54, 1.807) is 24.2 Å². The molecule has 0 spiro atoms. The topological polar surface area (TPSA) is 59.5 Å². The van der Waals surface area contributed by atoms with Crippen molar-refractivity contribution in [3.05, 3.63) is 41.7 Å². The molecule has 2 aromatic rings. The summed E-state index contributed by atoms with van der Waals surface area (Å²) >= 11 is 0. The largest absolute Gasteiger partial charge is 0.467 e. The number of nitrogens with zero attached hydrogens (tertiary/aromatic N) is 2. The SMILES string of the molecule is Cc1cc(C(=O)N(Cc2ccco2)C2CC2)on1. The fourth-order valence-electron chi connectivity index (χ4n) is 1.93. The highest BCUT2D eigenvalue weighted by molar-refractivity contribution is 5.91. The van der Waals surface area contributed by atoms with Crippen LogP contribution in [0.25, 0.3) is 0 Å². The van der Waals surface area contributed by atoms with E-state index in [4.69, 9.17) is 8.94 Å². The number of carbonyl (C=O) groups excluding carboxylic acids is 1. The van der Waals surface area contributed by atoms with Crippen LogP contribution >= 0.6 is 0 Å². The van der Waals surface area contributed by atoms with Crippen LogP contribution in [0.3, 0.4) is 0 Å². The summed E-state index contributed by atoms with van der Waals surface area (Å²) in [7, 11) is 0. The molecule has 18 heavy (non-hydrogen) atoms. The number of carbonyl (C=O) groups is 1. The number of hydrogen-bond acceptors (Lipinski definition) is 4. The normalized spacial score (nSPS) is 14.7. The number of aromatic nitrogens is 1. The number of amides is 1. The Bertz CT molecular complexity index is 540. The third-order valence-electron chi connectivity index (χ3n) is 2.99. The minimum Gasteiger partial charge on any atom is -0.467 e. The van der Waals surface area contributed by atoms with Crippen LogP contribution in [0, 0.1) is 6.92 Å². The Labute approximate surface area is 104 Å². The van der Waals surface area contributed by atoms with Crippen LogP contribution in [0.5, 0.6) is 0 Å². The van der Waals surface area contributed by atoms with Gasteiger partial charge in [0.15, 0.2) is 0 Å². The van der Waals surface area contributed by atoms with Gasteiger partial charge in [0.2, 0.25) is 5.76 Å². The predicted octanol–water partition coefficient (Wildman–Crippen LogP) is 2.38. The molecule has 2 heterocycles. The van der Waals surface area contributed by atoms with Gasteiger partial charge in [0.1, 0.15) is 5.76 Å². The number of aryl methyl sites for hydroxylation is 1. The van der Waals surface area contributed by atoms with Crippen LogP contribution in [0.2, 0.25) is 0 Å². The molecule has 0 saturated heterocycles. The van der Waals surface area contributed by atoms with E-state index in [9.17, 15) is 4.79 Å². The molecule has 1 aliphatic carbocycles. The second kappa shape index (κ2) is 4.33. The Morgan fingerprint density at radius 1 is 1.56 bits per heavy atom. The summed E-state index contributed by atoms with van der Waals surface area (Å²) in [6.45, 7) is 2.28. The summed E-state index contributed by atoms with van der Waals surface area (Å²) in [4.78, 5) is 14.1. The van der Waals surface area contributed by atoms with Crippen LogP contribution in [0.4, 0.5) is 0 Å². The standard InChI is InChI=1S/C13H14N2O3/c1-9-7-12(18-14-9)13(16)15(10-4-5-10)8-11-3-2-6-17-11/h2-3,6-7,10H,4-5,8H2,1H3. The van der Waals surface area contributed by atoms with Crippen molar-refractivity contribution in [2.45, 2.75) is 32.4 Å². The number of rotatable bonds is 4. The summed E-state index contributed by atoms with van der Waals surface area (Å²) in [6.07, 6.45) is 3.70. The van der Waals surface area contributed by atoms with Gasteiger partial charge in [-0.1, -0.05) is 5.16 Å². The van der Waals surface area contributed by atoms with Crippen molar-refractivity contribution in [1.82, 2.24) is 10.1 Å². The van der Waals surface area contributed by atoms with Gasteiger partial charge in [-0.3, -0.25) is 4.79 Å². The second-order valence-electron chi connectivity index (χ2n) is 4.58. The van der Waals surface area contributed by atoms with E-state index in [0.717, 1.165) is 18.6 Å².